The van der Waals surface area contributed by atoms with Gasteiger partial charge in [-0.05, 0) is 25.0 Å². The Morgan fingerprint density at radius 3 is 2.15 bits per heavy atom. The van der Waals surface area contributed by atoms with E-state index in [1.807, 2.05) is 24.3 Å². The van der Waals surface area contributed by atoms with Crippen LogP contribution >= 0.6 is 0 Å². The minimum absolute atomic E-state index is 0.130. The van der Waals surface area contributed by atoms with Crippen molar-refractivity contribution >= 4 is 12.0 Å². The molecule has 0 spiro atoms. The summed E-state index contributed by atoms with van der Waals surface area (Å²) in [6.07, 6.45) is 15.0. The molecule has 4 nitrogen and oxygen atoms in total. The maximum Gasteiger partial charge on any atom is 0.262 e. The first-order valence-electron chi connectivity index (χ1n) is 10.3. The first-order valence-corrected chi connectivity index (χ1v) is 10.3. The number of hydrogen-bond donors (Lipinski definition) is 1. The fourth-order valence-corrected chi connectivity index (χ4v) is 3.66. The fraction of sp³-hybridized carbons (Fsp3) is 0.565. The molecule has 0 aliphatic heterocycles. The van der Waals surface area contributed by atoms with E-state index >= 15 is 0 Å². The second-order valence-corrected chi connectivity index (χ2v) is 7.34. The van der Waals surface area contributed by atoms with E-state index < -0.39 is 0 Å². The number of hydrogen-bond acceptors (Lipinski definition) is 3. The van der Waals surface area contributed by atoms with Gasteiger partial charge >= 0.3 is 0 Å². The lowest BCUT2D eigenvalue weighted by atomic mass is 9.97. The second-order valence-electron chi connectivity index (χ2n) is 7.34. The van der Waals surface area contributed by atoms with Crippen LogP contribution in [0.15, 0.2) is 29.8 Å². The van der Waals surface area contributed by atoms with E-state index in [4.69, 9.17) is 4.74 Å². The van der Waals surface area contributed by atoms with Crippen molar-refractivity contribution in [3.63, 3.8) is 0 Å². The number of benzene rings is 1. The van der Waals surface area contributed by atoms with Crippen LogP contribution in [0.4, 0.5) is 0 Å². The average Bonchev–Trinajstić information content (AvgIpc) is 2.68. The van der Waals surface area contributed by atoms with Gasteiger partial charge in [0.25, 0.3) is 5.91 Å². The number of amides is 1. The van der Waals surface area contributed by atoms with Crippen molar-refractivity contribution in [2.75, 3.05) is 7.11 Å². The van der Waals surface area contributed by atoms with Crippen molar-refractivity contribution in [2.24, 2.45) is 0 Å². The molecule has 1 aliphatic carbocycles. The number of para-hydroxylation sites is 1. The normalized spacial score (nSPS) is 17.9. The maximum atomic E-state index is 12.7. The average molecular weight is 369 g/mol. The van der Waals surface area contributed by atoms with Crippen molar-refractivity contribution in [1.82, 2.24) is 5.32 Å². The standard InChI is InChI=1S/C23H32N2O2/c1-27-22-16-12-11-13-19(22)17-20(18-24)23(26)25-21-14-9-7-5-3-2-4-6-8-10-15-21/h11-13,16-17,21H,2-10,14-15H2,1H3,(H,25,26)/b20-17+. The quantitative estimate of drug-likeness (QED) is 0.572. The molecule has 4 heteroatoms. The molecule has 146 valence electrons. The highest BCUT2D eigenvalue weighted by Crippen LogP contribution is 2.21. The zero-order valence-corrected chi connectivity index (χ0v) is 16.5. The Balaban J connectivity index is 2.02. The summed E-state index contributed by atoms with van der Waals surface area (Å²) in [5.41, 5.74) is 0.871. The van der Waals surface area contributed by atoms with Crippen LogP contribution in [0.3, 0.4) is 0 Å². The smallest absolute Gasteiger partial charge is 0.262 e. The first-order chi connectivity index (χ1) is 13.2. The van der Waals surface area contributed by atoms with Crippen LogP contribution in [0.25, 0.3) is 6.08 Å². The van der Waals surface area contributed by atoms with Gasteiger partial charge in [0.2, 0.25) is 0 Å². The third-order valence-corrected chi connectivity index (χ3v) is 5.24. The molecule has 0 radical (unpaired) electrons. The molecule has 0 bridgehead atoms. The van der Waals surface area contributed by atoms with Crippen molar-refractivity contribution in [2.45, 2.75) is 76.7 Å². The molecular formula is C23H32N2O2. The number of methoxy groups -OCH3 is 1. The number of carbonyl (C=O) groups is 1. The van der Waals surface area contributed by atoms with Crippen LogP contribution in [0.5, 0.6) is 5.75 Å². The Kier molecular flexibility index (Phi) is 9.48. The van der Waals surface area contributed by atoms with E-state index in [0.717, 1.165) is 31.2 Å². The Morgan fingerprint density at radius 1 is 1.04 bits per heavy atom. The van der Waals surface area contributed by atoms with E-state index in [2.05, 4.69) is 11.4 Å². The van der Waals surface area contributed by atoms with Gasteiger partial charge in [-0.2, -0.15) is 5.26 Å². The van der Waals surface area contributed by atoms with Crippen molar-refractivity contribution < 1.29 is 9.53 Å². The highest BCUT2D eigenvalue weighted by Gasteiger charge is 2.16. The van der Waals surface area contributed by atoms with Gasteiger partial charge in [0, 0.05) is 11.6 Å². The Morgan fingerprint density at radius 2 is 1.59 bits per heavy atom. The molecule has 27 heavy (non-hydrogen) atoms. The molecular weight excluding hydrogens is 336 g/mol. The molecule has 1 saturated carbocycles. The lowest BCUT2D eigenvalue weighted by Crippen LogP contribution is -2.35. The molecule has 1 aromatic rings. The summed E-state index contributed by atoms with van der Waals surface area (Å²) in [6, 6.07) is 9.62. The third kappa shape index (κ3) is 7.46. The second kappa shape index (κ2) is 12.2. The maximum absolute atomic E-state index is 12.7. The number of carbonyl (C=O) groups excluding carboxylic acids is 1. The molecule has 0 atom stereocenters. The van der Waals surface area contributed by atoms with Gasteiger partial charge < -0.3 is 10.1 Å². The number of nitriles is 1. The monoisotopic (exact) mass is 368 g/mol. The molecule has 1 aliphatic rings. The minimum atomic E-state index is -0.277. The predicted molar refractivity (Wildman–Crippen MR) is 109 cm³/mol. The molecule has 0 heterocycles. The number of rotatable bonds is 4. The number of nitrogens with one attached hydrogen (secondary N) is 1. The molecule has 0 unspecified atom stereocenters. The Labute approximate surface area is 163 Å². The van der Waals surface area contributed by atoms with Crippen LogP contribution in [0.2, 0.25) is 0 Å². The van der Waals surface area contributed by atoms with Crippen molar-refractivity contribution in [3.8, 4) is 11.8 Å². The molecule has 0 aromatic heterocycles. The van der Waals surface area contributed by atoms with E-state index in [0.29, 0.717) is 5.75 Å². The lowest BCUT2D eigenvalue weighted by molar-refractivity contribution is -0.117. The molecule has 2 rings (SSSR count). The zero-order valence-electron chi connectivity index (χ0n) is 16.5. The molecule has 1 amide bonds. The third-order valence-electron chi connectivity index (χ3n) is 5.24. The van der Waals surface area contributed by atoms with Gasteiger partial charge in [-0.1, -0.05) is 76.0 Å². The summed E-state index contributed by atoms with van der Waals surface area (Å²) in [4.78, 5) is 12.7. The first kappa shape index (κ1) is 21.0. The molecule has 1 fully saturated rings. The van der Waals surface area contributed by atoms with Gasteiger partial charge in [-0.25, -0.2) is 0 Å². The summed E-state index contributed by atoms with van der Waals surface area (Å²) < 4.78 is 5.31. The fourth-order valence-electron chi connectivity index (χ4n) is 3.66. The summed E-state index contributed by atoms with van der Waals surface area (Å²) >= 11 is 0. The molecule has 1 aromatic carbocycles. The molecule has 0 saturated heterocycles. The van der Waals surface area contributed by atoms with Gasteiger partial charge in [0.1, 0.15) is 17.4 Å². The summed E-state index contributed by atoms with van der Waals surface area (Å²) in [7, 11) is 1.59. The summed E-state index contributed by atoms with van der Waals surface area (Å²) in [5, 5.41) is 12.6. The Hall–Kier alpha value is -2.28. The van der Waals surface area contributed by atoms with Crippen molar-refractivity contribution in [3.05, 3.63) is 35.4 Å². The van der Waals surface area contributed by atoms with E-state index in [1.165, 1.54) is 44.9 Å². The minimum Gasteiger partial charge on any atom is -0.496 e. The van der Waals surface area contributed by atoms with Crippen LogP contribution in [0, 0.1) is 11.3 Å². The summed E-state index contributed by atoms with van der Waals surface area (Å²) in [6.45, 7) is 0. The summed E-state index contributed by atoms with van der Waals surface area (Å²) in [5.74, 6) is 0.379. The van der Waals surface area contributed by atoms with Crippen molar-refractivity contribution in [1.29, 1.82) is 5.26 Å². The number of nitrogens with zero attached hydrogens (tertiary/aromatic N) is 1. The lowest BCUT2D eigenvalue weighted by Gasteiger charge is -2.19. The topological polar surface area (TPSA) is 62.1 Å². The Bertz CT molecular complexity index is 649. The highest BCUT2D eigenvalue weighted by molar-refractivity contribution is 6.02. The zero-order chi connectivity index (χ0) is 19.3. The SMILES string of the molecule is COc1ccccc1/C=C(\C#N)C(=O)NC1CCCCCCCCCCC1. The highest BCUT2D eigenvalue weighted by atomic mass is 16.5. The van der Waals surface area contributed by atoms with Gasteiger partial charge in [0.15, 0.2) is 0 Å². The number of ether oxygens (including phenoxy) is 1. The van der Waals surface area contributed by atoms with Gasteiger partial charge in [-0.15, -0.1) is 0 Å². The van der Waals surface area contributed by atoms with Crippen LogP contribution in [-0.2, 0) is 4.79 Å². The molecule has 1 N–H and O–H groups in total. The predicted octanol–water partition coefficient (Wildman–Crippen LogP) is 5.39. The van der Waals surface area contributed by atoms with Crippen LogP contribution < -0.4 is 10.1 Å². The van der Waals surface area contributed by atoms with Gasteiger partial charge in [-0.3, -0.25) is 4.79 Å². The van der Waals surface area contributed by atoms with Gasteiger partial charge in [0.05, 0.1) is 7.11 Å². The van der Waals surface area contributed by atoms with Crippen LogP contribution in [0.1, 0.15) is 76.2 Å². The van der Waals surface area contributed by atoms with E-state index in [-0.39, 0.29) is 17.5 Å². The van der Waals surface area contributed by atoms with E-state index in [1.54, 1.807) is 13.2 Å². The van der Waals surface area contributed by atoms with E-state index in [9.17, 15) is 10.1 Å². The largest absolute Gasteiger partial charge is 0.496 e. The van der Waals surface area contributed by atoms with Crippen LogP contribution in [-0.4, -0.2) is 19.1 Å².